The molecule has 3 N–H and O–H groups in total. The van der Waals surface area contributed by atoms with Crippen LogP contribution in [0.2, 0.25) is 0 Å². The van der Waals surface area contributed by atoms with Gasteiger partial charge in [-0.1, -0.05) is 19.3 Å². The molecular formula is C17H27NO3. The van der Waals surface area contributed by atoms with Gasteiger partial charge in [0.2, 0.25) is 0 Å². The Kier molecular flexibility index (Phi) is 5.88. The van der Waals surface area contributed by atoms with Gasteiger partial charge in [0.15, 0.2) is 0 Å². The van der Waals surface area contributed by atoms with Crippen LogP contribution in [-0.2, 0) is 6.54 Å². The van der Waals surface area contributed by atoms with Gasteiger partial charge in [-0.2, -0.15) is 0 Å². The second kappa shape index (κ2) is 7.66. The highest BCUT2D eigenvalue weighted by Crippen LogP contribution is 2.38. The molecule has 1 aromatic rings. The van der Waals surface area contributed by atoms with Crippen molar-refractivity contribution >= 4 is 0 Å². The summed E-state index contributed by atoms with van der Waals surface area (Å²) in [6, 6.07) is 5.29. The number of methoxy groups -OCH3 is 1. The van der Waals surface area contributed by atoms with Crippen molar-refractivity contribution in [2.75, 3.05) is 20.3 Å². The van der Waals surface area contributed by atoms with E-state index < -0.39 is 0 Å². The summed E-state index contributed by atoms with van der Waals surface area (Å²) in [7, 11) is 1.63. The third-order valence-corrected chi connectivity index (χ3v) is 4.66. The van der Waals surface area contributed by atoms with Crippen molar-refractivity contribution in [3.05, 3.63) is 23.8 Å². The molecule has 1 fully saturated rings. The van der Waals surface area contributed by atoms with Crippen LogP contribution in [0.25, 0.3) is 0 Å². The van der Waals surface area contributed by atoms with Gasteiger partial charge in [-0.05, 0) is 42.9 Å². The van der Waals surface area contributed by atoms with Crippen molar-refractivity contribution in [1.82, 2.24) is 5.32 Å². The topological polar surface area (TPSA) is 61.7 Å². The monoisotopic (exact) mass is 293 g/mol. The molecular weight excluding hydrogens is 266 g/mol. The molecule has 0 aliphatic heterocycles. The fraction of sp³-hybridized carbons (Fsp3) is 0.647. The third-order valence-electron chi connectivity index (χ3n) is 4.66. The lowest BCUT2D eigenvalue weighted by Crippen LogP contribution is -2.36. The SMILES string of the molecule is COc1ccc(O)c(CNCC2(CCO)CCCCC2)c1. The first-order valence-electron chi connectivity index (χ1n) is 7.87. The predicted octanol–water partition coefficient (Wildman–Crippen LogP) is 2.82. The molecule has 0 radical (unpaired) electrons. The number of benzene rings is 1. The summed E-state index contributed by atoms with van der Waals surface area (Å²) in [6.45, 7) is 1.77. The lowest BCUT2D eigenvalue weighted by molar-refractivity contribution is 0.126. The average Bonchev–Trinajstić information content (AvgIpc) is 2.50. The lowest BCUT2D eigenvalue weighted by atomic mass is 9.72. The summed E-state index contributed by atoms with van der Waals surface area (Å²) in [5.74, 6) is 1.05. The first-order valence-corrected chi connectivity index (χ1v) is 7.87. The summed E-state index contributed by atoms with van der Waals surface area (Å²) < 4.78 is 5.19. The zero-order chi connectivity index (χ0) is 15.1. The number of aromatic hydroxyl groups is 1. The average molecular weight is 293 g/mol. The van der Waals surface area contributed by atoms with Gasteiger partial charge in [-0.3, -0.25) is 0 Å². The first kappa shape index (κ1) is 16.1. The van der Waals surface area contributed by atoms with Gasteiger partial charge < -0.3 is 20.3 Å². The van der Waals surface area contributed by atoms with E-state index in [4.69, 9.17) is 4.74 Å². The number of phenols is 1. The van der Waals surface area contributed by atoms with Gasteiger partial charge in [0, 0.05) is 25.3 Å². The standard InChI is InChI=1S/C17H27NO3/c1-21-15-5-6-16(20)14(11-15)12-18-13-17(9-10-19)7-3-2-4-8-17/h5-6,11,18-20H,2-4,7-10,12-13H2,1H3. The van der Waals surface area contributed by atoms with E-state index in [2.05, 4.69) is 5.32 Å². The summed E-state index contributed by atoms with van der Waals surface area (Å²) >= 11 is 0. The minimum absolute atomic E-state index is 0.224. The van der Waals surface area contributed by atoms with E-state index in [1.54, 1.807) is 19.2 Å². The third kappa shape index (κ3) is 4.35. The second-order valence-electron chi connectivity index (χ2n) is 6.13. The number of hydrogen-bond donors (Lipinski definition) is 3. The first-order chi connectivity index (χ1) is 10.2. The zero-order valence-corrected chi connectivity index (χ0v) is 12.9. The zero-order valence-electron chi connectivity index (χ0n) is 12.9. The Labute approximate surface area is 127 Å². The number of aliphatic hydroxyl groups is 1. The fourth-order valence-electron chi connectivity index (χ4n) is 3.35. The minimum Gasteiger partial charge on any atom is -0.508 e. The molecule has 1 aliphatic carbocycles. The van der Waals surface area contributed by atoms with Gasteiger partial charge >= 0.3 is 0 Å². The molecule has 0 aromatic heterocycles. The van der Waals surface area contributed by atoms with Crippen LogP contribution >= 0.6 is 0 Å². The van der Waals surface area contributed by atoms with Gasteiger partial charge in [0.1, 0.15) is 11.5 Å². The van der Waals surface area contributed by atoms with Crippen LogP contribution in [0.4, 0.5) is 0 Å². The number of phenolic OH excluding ortho intramolecular Hbond substituents is 1. The maximum absolute atomic E-state index is 9.90. The van der Waals surface area contributed by atoms with E-state index in [0.717, 1.165) is 24.3 Å². The number of rotatable bonds is 7. The van der Waals surface area contributed by atoms with Crippen LogP contribution in [0.5, 0.6) is 11.5 Å². The predicted molar refractivity (Wildman–Crippen MR) is 83.6 cm³/mol. The Morgan fingerprint density at radius 3 is 2.67 bits per heavy atom. The van der Waals surface area contributed by atoms with Gasteiger partial charge in [-0.25, -0.2) is 0 Å². The minimum atomic E-state index is 0.224. The molecule has 1 aliphatic rings. The molecule has 1 saturated carbocycles. The number of hydrogen-bond acceptors (Lipinski definition) is 4. The number of ether oxygens (including phenoxy) is 1. The highest BCUT2D eigenvalue weighted by Gasteiger charge is 2.30. The van der Waals surface area contributed by atoms with E-state index in [-0.39, 0.29) is 12.0 Å². The summed E-state index contributed by atoms with van der Waals surface area (Å²) in [5.41, 5.74) is 1.07. The summed E-state index contributed by atoms with van der Waals surface area (Å²) in [5, 5.41) is 22.7. The van der Waals surface area contributed by atoms with E-state index in [1.165, 1.54) is 32.1 Å². The normalized spacial score (nSPS) is 17.6. The second-order valence-corrected chi connectivity index (χ2v) is 6.13. The van der Waals surface area contributed by atoms with Crippen LogP contribution in [-0.4, -0.2) is 30.5 Å². The molecule has 4 heteroatoms. The van der Waals surface area contributed by atoms with E-state index in [9.17, 15) is 10.2 Å². The highest BCUT2D eigenvalue weighted by atomic mass is 16.5. The molecule has 118 valence electrons. The molecule has 0 spiro atoms. The van der Waals surface area contributed by atoms with Crippen molar-refractivity contribution in [2.45, 2.75) is 45.1 Å². The highest BCUT2D eigenvalue weighted by molar-refractivity contribution is 5.39. The maximum atomic E-state index is 9.90. The van der Waals surface area contributed by atoms with Gasteiger partial charge in [0.25, 0.3) is 0 Å². The number of nitrogens with one attached hydrogen (secondary N) is 1. The van der Waals surface area contributed by atoms with Crippen molar-refractivity contribution in [3.8, 4) is 11.5 Å². The van der Waals surface area contributed by atoms with E-state index >= 15 is 0 Å². The molecule has 21 heavy (non-hydrogen) atoms. The molecule has 0 bridgehead atoms. The van der Waals surface area contributed by atoms with Crippen LogP contribution in [0.15, 0.2) is 18.2 Å². The van der Waals surface area contributed by atoms with Crippen molar-refractivity contribution in [1.29, 1.82) is 0 Å². The Morgan fingerprint density at radius 1 is 1.24 bits per heavy atom. The molecule has 0 unspecified atom stereocenters. The summed E-state index contributed by atoms with van der Waals surface area (Å²) in [4.78, 5) is 0. The van der Waals surface area contributed by atoms with Crippen LogP contribution < -0.4 is 10.1 Å². The molecule has 0 saturated heterocycles. The summed E-state index contributed by atoms with van der Waals surface area (Å²) in [6.07, 6.45) is 7.06. The van der Waals surface area contributed by atoms with Crippen molar-refractivity contribution < 1.29 is 14.9 Å². The Balaban J connectivity index is 1.92. The van der Waals surface area contributed by atoms with E-state index in [1.807, 2.05) is 6.07 Å². The fourth-order valence-corrected chi connectivity index (χ4v) is 3.35. The van der Waals surface area contributed by atoms with Crippen molar-refractivity contribution in [2.24, 2.45) is 5.41 Å². The quantitative estimate of drug-likeness (QED) is 0.723. The maximum Gasteiger partial charge on any atom is 0.120 e. The van der Waals surface area contributed by atoms with Crippen LogP contribution in [0.1, 0.15) is 44.1 Å². The van der Waals surface area contributed by atoms with Crippen LogP contribution in [0.3, 0.4) is 0 Å². The number of aliphatic hydroxyl groups excluding tert-OH is 1. The van der Waals surface area contributed by atoms with Gasteiger partial charge in [-0.15, -0.1) is 0 Å². The Morgan fingerprint density at radius 2 is 2.00 bits per heavy atom. The lowest BCUT2D eigenvalue weighted by Gasteiger charge is -2.37. The molecule has 1 aromatic carbocycles. The Bertz CT molecular complexity index is 436. The molecule has 0 atom stereocenters. The Hall–Kier alpha value is -1.26. The van der Waals surface area contributed by atoms with Crippen LogP contribution in [0, 0.1) is 5.41 Å². The molecule has 4 nitrogen and oxygen atoms in total. The smallest absolute Gasteiger partial charge is 0.120 e. The molecule has 2 rings (SSSR count). The molecule has 0 amide bonds. The van der Waals surface area contributed by atoms with E-state index in [0.29, 0.717) is 12.3 Å². The largest absolute Gasteiger partial charge is 0.508 e. The van der Waals surface area contributed by atoms with Crippen molar-refractivity contribution in [3.63, 3.8) is 0 Å². The molecule has 0 heterocycles. The van der Waals surface area contributed by atoms with Gasteiger partial charge in [0.05, 0.1) is 7.11 Å².